The Hall–Kier alpha value is -2.38. The summed E-state index contributed by atoms with van der Waals surface area (Å²) < 4.78 is 41.4. The molecule has 1 rings (SSSR count). The molecular formula is C11H8F3NO4. The molecule has 0 saturated carbocycles. The topological polar surface area (TPSA) is 69.4 Å². The number of halogens is 3. The smallest absolute Gasteiger partial charge is 0.416 e. The maximum atomic E-state index is 12.3. The Bertz CT molecular complexity index is 520. The first-order valence-corrected chi connectivity index (χ1v) is 4.87. The molecule has 0 aliphatic rings. The minimum absolute atomic E-state index is 0.0310. The van der Waals surface area contributed by atoms with Crippen LogP contribution < -0.4 is 0 Å². The summed E-state index contributed by atoms with van der Waals surface area (Å²) in [6.07, 6.45) is -4.13. The van der Waals surface area contributed by atoms with Gasteiger partial charge in [0.1, 0.15) is 5.57 Å². The zero-order chi connectivity index (χ0) is 14.6. The summed E-state index contributed by atoms with van der Waals surface area (Å²) in [4.78, 5) is 20.8. The van der Waals surface area contributed by atoms with Crippen molar-refractivity contribution in [2.45, 2.75) is 6.18 Å². The first-order valence-electron chi connectivity index (χ1n) is 4.87. The number of nitrogens with zero attached hydrogens (tertiary/aromatic N) is 1. The van der Waals surface area contributed by atoms with Crippen LogP contribution in [0, 0.1) is 10.1 Å². The molecule has 0 saturated heterocycles. The largest absolute Gasteiger partial charge is 0.465 e. The van der Waals surface area contributed by atoms with Gasteiger partial charge in [0.2, 0.25) is 6.20 Å². The number of benzene rings is 1. The number of hydrogen-bond donors (Lipinski definition) is 0. The van der Waals surface area contributed by atoms with Crippen LogP contribution in [-0.4, -0.2) is 18.0 Å². The van der Waals surface area contributed by atoms with Gasteiger partial charge in [-0.2, -0.15) is 13.2 Å². The van der Waals surface area contributed by atoms with Gasteiger partial charge in [0.15, 0.2) is 0 Å². The molecule has 102 valence electrons. The molecule has 0 aliphatic heterocycles. The number of methoxy groups -OCH3 is 1. The summed E-state index contributed by atoms with van der Waals surface area (Å²) in [7, 11) is 1.01. The van der Waals surface area contributed by atoms with E-state index in [0.717, 1.165) is 31.4 Å². The van der Waals surface area contributed by atoms with Gasteiger partial charge in [-0.3, -0.25) is 10.1 Å². The van der Waals surface area contributed by atoms with E-state index in [9.17, 15) is 28.1 Å². The fraction of sp³-hybridized carbons (Fsp3) is 0.182. The van der Waals surface area contributed by atoms with Crippen molar-refractivity contribution in [1.29, 1.82) is 0 Å². The van der Waals surface area contributed by atoms with Crippen LogP contribution in [-0.2, 0) is 15.7 Å². The zero-order valence-corrected chi connectivity index (χ0v) is 9.60. The third kappa shape index (κ3) is 3.80. The molecule has 0 bridgehead atoms. The van der Waals surface area contributed by atoms with Crippen LogP contribution in [0.4, 0.5) is 13.2 Å². The number of hydrogen-bond acceptors (Lipinski definition) is 4. The number of nitro groups is 1. The number of ether oxygens (including phenoxy) is 1. The van der Waals surface area contributed by atoms with E-state index in [-0.39, 0.29) is 5.56 Å². The Balaban J connectivity index is 3.19. The van der Waals surface area contributed by atoms with Crippen molar-refractivity contribution in [1.82, 2.24) is 0 Å². The van der Waals surface area contributed by atoms with Crippen molar-refractivity contribution in [3.05, 3.63) is 51.7 Å². The summed E-state index contributed by atoms with van der Waals surface area (Å²) in [5.41, 5.74) is -1.38. The summed E-state index contributed by atoms with van der Waals surface area (Å²) in [5, 5.41) is 10.4. The fourth-order valence-corrected chi connectivity index (χ4v) is 1.30. The maximum absolute atomic E-state index is 12.3. The summed E-state index contributed by atoms with van der Waals surface area (Å²) in [6.45, 7) is 0. The summed E-state index contributed by atoms with van der Waals surface area (Å²) in [5.74, 6) is -1.00. The van der Waals surface area contributed by atoms with E-state index in [1.807, 2.05) is 0 Å². The van der Waals surface area contributed by atoms with Gasteiger partial charge in [0, 0.05) is 0 Å². The Morgan fingerprint density at radius 3 is 2.21 bits per heavy atom. The van der Waals surface area contributed by atoms with Gasteiger partial charge in [0.05, 0.1) is 17.6 Å². The van der Waals surface area contributed by atoms with E-state index in [1.165, 1.54) is 0 Å². The van der Waals surface area contributed by atoms with Crippen molar-refractivity contribution in [2.24, 2.45) is 0 Å². The van der Waals surface area contributed by atoms with Crippen LogP contribution in [0.15, 0.2) is 30.5 Å². The first kappa shape index (κ1) is 14.7. The van der Waals surface area contributed by atoms with Gasteiger partial charge < -0.3 is 4.74 Å². The first-order chi connectivity index (χ1) is 8.75. The average molecular weight is 275 g/mol. The lowest BCUT2D eigenvalue weighted by Gasteiger charge is -2.08. The normalized spacial score (nSPS) is 12.1. The lowest BCUT2D eigenvalue weighted by Crippen LogP contribution is -2.08. The quantitative estimate of drug-likeness (QED) is 0.368. The van der Waals surface area contributed by atoms with E-state index in [0.29, 0.717) is 6.20 Å². The minimum Gasteiger partial charge on any atom is -0.465 e. The van der Waals surface area contributed by atoms with E-state index in [2.05, 4.69) is 4.74 Å². The van der Waals surface area contributed by atoms with Gasteiger partial charge >= 0.3 is 12.1 Å². The predicted molar refractivity (Wildman–Crippen MR) is 58.4 cm³/mol. The van der Waals surface area contributed by atoms with Crippen LogP contribution in [0.25, 0.3) is 5.57 Å². The van der Waals surface area contributed by atoms with Crippen LogP contribution in [0.1, 0.15) is 11.1 Å². The van der Waals surface area contributed by atoms with Crippen molar-refractivity contribution in [3.63, 3.8) is 0 Å². The second kappa shape index (κ2) is 5.51. The monoisotopic (exact) mass is 275 g/mol. The highest BCUT2D eigenvalue weighted by Gasteiger charge is 2.30. The Kier molecular flexibility index (Phi) is 4.26. The van der Waals surface area contributed by atoms with Crippen molar-refractivity contribution in [2.75, 3.05) is 7.11 Å². The van der Waals surface area contributed by atoms with Gasteiger partial charge in [-0.25, -0.2) is 4.79 Å². The van der Waals surface area contributed by atoms with E-state index in [1.54, 1.807) is 0 Å². The van der Waals surface area contributed by atoms with Crippen molar-refractivity contribution in [3.8, 4) is 0 Å². The van der Waals surface area contributed by atoms with Gasteiger partial charge in [0.25, 0.3) is 0 Å². The summed E-state index contributed by atoms with van der Waals surface area (Å²) >= 11 is 0. The van der Waals surface area contributed by atoms with Gasteiger partial charge in [-0.05, 0) is 17.7 Å². The van der Waals surface area contributed by atoms with E-state index in [4.69, 9.17) is 0 Å². The molecule has 5 nitrogen and oxygen atoms in total. The summed E-state index contributed by atoms with van der Waals surface area (Å²) in [6, 6.07) is 3.39. The van der Waals surface area contributed by atoms with Crippen molar-refractivity contribution >= 4 is 11.5 Å². The standard InChI is InChI=1S/C11H8F3NO4/c1-19-10(16)9(6-15(17)18)7-2-4-8(5-3-7)11(12,13)14/h2-6H,1H3/b9-6-. The van der Waals surface area contributed by atoms with Crippen LogP contribution in [0.3, 0.4) is 0 Å². The minimum atomic E-state index is -4.52. The molecular weight excluding hydrogens is 267 g/mol. The zero-order valence-electron chi connectivity index (χ0n) is 9.60. The second-order valence-corrected chi connectivity index (χ2v) is 3.39. The fourth-order valence-electron chi connectivity index (χ4n) is 1.30. The Labute approximate surface area is 105 Å². The van der Waals surface area contributed by atoms with Gasteiger partial charge in [-0.1, -0.05) is 12.1 Å². The molecule has 8 heteroatoms. The molecule has 0 heterocycles. The number of carbonyl (C=O) groups excluding carboxylic acids is 1. The molecule has 0 atom stereocenters. The van der Waals surface area contributed by atoms with E-state index >= 15 is 0 Å². The lowest BCUT2D eigenvalue weighted by atomic mass is 10.0. The highest BCUT2D eigenvalue weighted by molar-refractivity contribution is 6.16. The highest BCUT2D eigenvalue weighted by atomic mass is 19.4. The molecule has 0 radical (unpaired) electrons. The third-order valence-corrected chi connectivity index (χ3v) is 2.16. The van der Waals surface area contributed by atoms with Crippen LogP contribution in [0.5, 0.6) is 0 Å². The Morgan fingerprint density at radius 2 is 1.84 bits per heavy atom. The van der Waals surface area contributed by atoms with E-state index < -0.39 is 28.2 Å². The second-order valence-electron chi connectivity index (χ2n) is 3.39. The number of alkyl halides is 3. The molecule has 0 N–H and O–H groups in total. The molecule has 1 aromatic rings. The molecule has 0 fully saturated rings. The number of esters is 1. The average Bonchev–Trinajstić information content (AvgIpc) is 2.34. The molecule has 19 heavy (non-hydrogen) atoms. The van der Waals surface area contributed by atoms with Crippen molar-refractivity contribution < 1.29 is 27.6 Å². The van der Waals surface area contributed by atoms with Gasteiger partial charge in [-0.15, -0.1) is 0 Å². The molecule has 0 amide bonds. The highest BCUT2D eigenvalue weighted by Crippen LogP contribution is 2.30. The molecule has 1 aromatic carbocycles. The molecule has 0 aromatic heterocycles. The molecule has 0 spiro atoms. The molecule has 0 unspecified atom stereocenters. The lowest BCUT2D eigenvalue weighted by molar-refractivity contribution is -0.401. The maximum Gasteiger partial charge on any atom is 0.416 e. The third-order valence-electron chi connectivity index (χ3n) is 2.16. The predicted octanol–water partition coefficient (Wildman–Crippen LogP) is 2.50. The van der Waals surface area contributed by atoms with Crippen LogP contribution >= 0.6 is 0 Å². The van der Waals surface area contributed by atoms with Crippen LogP contribution in [0.2, 0.25) is 0 Å². The Morgan fingerprint density at radius 1 is 1.32 bits per heavy atom. The number of carbonyl (C=O) groups is 1. The molecule has 0 aliphatic carbocycles. The number of rotatable bonds is 3. The SMILES string of the molecule is COC(=O)/C(=C\[N+](=O)[O-])c1ccc(C(F)(F)F)cc1.